The van der Waals surface area contributed by atoms with Crippen LogP contribution in [0.5, 0.6) is 0 Å². The van der Waals surface area contributed by atoms with Gasteiger partial charge in [-0.25, -0.2) is 0 Å². The zero-order chi connectivity index (χ0) is 17.9. The first-order valence-corrected chi connectivity index (χ1v) is 9.57. The Balaban J connectivity index is 1.74. The minimum atomic E-state index is -3.81. The minimum Gasteiger partial charge on any atom is -0.368 e. The Kier molecular flexibility index (Phi) is 5.17. The fourth-order valence-electron chi connectivity index (χ4n) is 2.98. The van der Waals surface area contributed by atoms with Crippen molar-refractivity contribution in [2.24, 2.45) is 5.73 Å². The highest BCUT2D eigenvalue weighted by molar-refractivity contribution is 7.87. The summed E-state index contributed by atoms with van der Waals surface area (Å²) in [6.07, 6.45) is 0.872. The summed E-state index contributed by atoms with van der Waals surface area (Å²) in [5.74, 6) is -0.690. The quantitative estimate of drug-likeness (QED) is 0.805. The highest BCUT2D eigenvalue weighted by Crippen LogP contribution is 2.20. The van der Waals surface area contributed by atoms with E-state index in [4.69, 9.17) is 5.73 Å². The lowest BCUT2D eigenvalue weighted by Gasteiger charge is -2.29. The standard InChI is InChI=1S/C18H21N3O3S/c19-18(22)17(12-14-6-2-1-3-7-14)20-25(23,24)21-11-10-15-8-4-5-9-16(15)13-21/h1-9,17,20H,10-13H2,(H2,19,22). The average molecular weight is 359 g/mol. The van der Waals surface area contributed by atoms with E-state index < -0.39 is 22.2 Å². The maximum Gasteiger partial charge on any atom is 0.280 e. The molecule has 0 aliphatic carbocycles. The molecule has 0 radical (unpaired) electrons. The number of carbonyl (C=O) groups is 1. The molecule has 1 atom stereocenters. The molecule has 25 heavy (non-hydrogen) atoms. The van der Waals surface area contributed by atoms with Crippen LogP contribution in [0.25, 0.3) is 0 Å². The molecular weight excluding hydrogens is 338 g/mol. The van der Waals surface area contributed by atoms with Gasteiger partial charge in [0.05, 0.1) is 0 Å². The predicted molar refractivity (Wildman–Crippen MR) is 95.7 cm³/mol. The van der Waals surface area contributed by atoms with Gasteiger partial charge in [0.2, 0.25) is 5.91 Å². The first-order chi connectivity index (χ1) is 12.0. The van der Waals surface area contributed by atoms with Crippen LogP contribution in [0.1, 0.15) is 16.7 Å². The fraction of sp³-hybridized carbons (Fsp3) is 0.278. The Morgan fingerprint density at radius 2 is 1.72 bits per heavy atom. The number of nitrogens with one attached hydrogen (secondary N) is 1. The van der Waals surface area contributed by atoms with Gasteiger partial charge >= 0.3 is 0 Å². The molecule has 0 spiro atoms. The van der Waals surface area contributed by atoms with Gasteiger partial charge in [-0.05, 0) is 29.5 Å². The van der Waals surface area contributed by atoms with Crippen LogP contribution < -0.4 is 10.5 Å². The van der Waals surface area contributed by atoms with Gasteiger partial charge < -0.3 is 5.73 Å². The zero-order valence-electron chi connectivity index (χ0n) is 13.8. The van der Waals surface area contributed by atoms with Crippen LogP contribution in [0, 0.1) is 0 Å². The van der Waals surface area contributed by atoms with Gasteiger partial charge in [-0.2, -0.15) is 17.4 Å². The second-order valence-electron chi connectivity index (χ2n) is 6.12. The average Bonchev–Trinajstić information content (AvgIpc) is 2.61. The largest absolute Gasteiger partial charge is 0.368 e. The van der Waals surface area contributed by atoms with Crippen LogP contribution in [-0.4, -0.2) is 31.2 Å². The molecule has 132 valence electrons. The number of fused-ring (bicyclic) bond motifs is 1. The number of rotatable bonds is 6. The molecule has 7 heteroatoms. The molecule has 1 aliphatic heterocycles. The molecule has 3 N–H and O–H groups in total. The van der Waals surface area contributed by atoms with Crippen LogP contribution in [-0.2, 0) is 34.4 Å². The molecule has 3 rings (SSSR count). The summed E-state index contributed by atoms with van der Waals surface area (Å²) in [5, 5.41) is 0. The second-order valence-corrected chi connectivity index (χ2v) is 7.82. The van der Waals surface area contributed by atoms with Crippen LogP contribution >= 0.6 is 0 Å². The Morgan fingerprint density at radius 3 is 2.40 bits per heavy atom. The summed E-state index contributed by atoms with van der Waals surface area (Å²) in [6, 6.07) is 16.0. The molecule has 0 saturated heterocycles. The van der Waals surface area contributed by atoms with Gasteiger partial charge in [0.1, 0.15) is 6.04 Å². The highest BCUT2D eigenvalue weighted by atomic mass is 32.2. The van der Waals surface area contributed by atoms with Crippen LogP contribution in [0.15, 0.2) is 54.6 Å². The highest BCUT2D eigenvalue weighted by Gasteiger charge is 2.30. The van der Waals surface area contributed by atoms with Crippen molar-refractivity contribution >= 4 is 16.1 Å². The SMILES string of the molecule is NC(=O)C(Cc1ccccc1)NS(=O)(=O)N1CCc2ccccc2C1. The van der Waals surface area contributed by atoms with Gasteiger partial charge in [0, 0.05) is 13.1 Å². The van der Waals surface area contributed by atoms with Gasteiger partial charge in [0.15, 0.2) is 0 Å². The number of nitrogens with two attached hydrogens (primary N) is 1. The Bertz CT molecular complexity index is 853. The fourth-order valence-corrected chi connectivity index (χ4v) is 4.33. The first-order valence-electron chi connectivity index (χ1n) is 8.13. The van der Waals surface area contributed by atoms with E-state index in [1.165, 1.54) is 4.31 Å². The molecule has 1 heterocycles. The summed E-state index contributed by atoms with van der Waals surface area (Å²) < 4.78 is 29.2. The van der Waals surface area contributed by atoms with E-state index in [1.54, 1.807) is 0 Å². The minimum absolute atomic E-state index is 0.222. The third-order valence-electron chi connectivity index (χ3n) is 4.35. The van der Waals surface area contributed by atoms with Crippen LogP contribution in [0.2, 0.25) is 0 Å². The maximum absolute atomic E-state index is 12.7. The molecule has 1 aliphatic rings. The Hall–Kier alpha value is -2.22. The molecule has 0 fully saturated rings. The van der Waals surface area contributed by atoms with E-state index in [0.717, 1.165) is 16.7 Å². The van der Waals surface area contributed by atoms with E-state index in [1.807, 2.05) is 54.6 Å². The van der Waals surface area contributed by atoms with E-state index in [0.29, 0.717) is 19.5 Å². The van der Waals surface area contributed by atoms with Crippen LogP contribution in [0.4, 0.5) is 0 Å². The number of amides is 1. The van der Waals surface area contributed by atoms with E-state index >= 15 is 0 Å². The number of primary amides is 1. The molecule has 2 aromatic rings. The molecule has 0 aromatic heterocycles. The van der Waals surface area contributed by atoms with Gasteiger partial charge in [-0.3, -0.25) is 4.79 Å². The molecule has 0 bridgehead atoms. The molecule has 0 saturated carbocycles. The second kappa shape index (κ2) is 7.35. The number of hydrogen-bond acceptors (Lipinski definition) is 3. The third-order valence-corrected chi connectivity index (χ3v) is 5.93. The maximum atomic E-state index is 12.7. The topological polar surface area (TPSA) is 92.5 Å². The Labute approximate surface area is 147 Å². The number of hydrogen-bond donors (Lipinski definition) is 2. The summed E-state index contributed by atoms with van der Waals surface area (Å²) in [7, 11) is -3.81. The summed E-state index contributed by atoms with van der Waals surface area (Å²) in [6.45, 7) is 0.672. The van der Waals surface area contributed by atoms with Gasteiger partial charge in [-0.15, -0.1) is 0 Å². The molecular formula is C18H21N3O3S. The van der Waals surface area contributed by atoms with Gasteiger partial charge in [-0.1, -0.05) is 54.6 Å². The zero-order valence-corrected chi connectivity index (χ0v) is 14.6. The summed E-state index contributed by atoms with van der Waals surface area (Å²) in [4.78, 5) is 11.7. The van der Waals surface area contributed by atoms with Crippen molar-refractivity contribution in [3.63, 3.8) is 0 Å². The Morgan fingerprint density at radius 1 is 1.08 bits per heavy atom. The molecule has 6 nitrogen and oxygen atoms in total. The molecule has 2 aromatic carbocycles. The lowest BCUT2D eigenvalue weighted by molar-refractivity contribution is -0.119. The lowest BCUT2D eigenvalue weighted by atomic mass is 10.0. The molecule has 1 unspecified atom stereocenters. The van der Waals surface area contributed by atoms with Gasteiger partial charge in [0.25, 0.3) is 10.2 Å². The van der Waals surface area contributed by atoms with Crippen molar-refractivity contribution in [1.82, 2.24) is 9.03 Å². The predicted octanol–water partition coefficient (Wildman–Crippen LogP) is 0.976. The van der Waals surface area contributed by atoms with Crippen molar-refractivity contribution in [2.75, 3.05) is 6.54 Å². The van der Waals surface area contributed by atoms with Crippen molar-refractivity contribution in [3.8, 4) is 0 Å². The smallest absolute Gasteiger partial charge is 0.280 e. The van der Waals surface area contributed by atoms with Crippen molar-refractivity contribution < 1.29 is 13.2 Å². The number of carbonyl (C=O) groups excluding carboxylic acids is 1. The normalized spacial score (nSPS) is 16.2. The lowest BCUT2D eigenvalue weighted by Crippen LogP contribution is -2.52. The van der Waals surface area contributed by atoms with E-state index in [-0.39, 0.29) is 6.42 Å². The van der Waals surface area contributed by atoms with Crippen molar-refractivity contribution in [1.29, 1.82) is 0 Å². The number of nitrogens with zero attached hydrogens (tertiary/aromatic N) is 1. The first kappa shape index (κ1) is 17.6. The van der Waals surface area contributed by atoms with Crippen molar-refractivity contribution in [2.45, 2.75) is 25.4 Å². The van der Waals surface area contributed by atoms with E-state index in [2.05, 4.69) is 4.72 Å². The van der Waals surface area contributed by atoms with Crippen LogP contribution in [0.3, 0.4) is 0 Å². The number of benzene rings is 2. The monoisotopic (exact) mass is 359 g/mol. The molecule has 1 amide bonds. The summed E-state index contributed by atoms with van der Waals surface area (Å²) >= 11 is 0. The third kappa shape index (κ3) is 4.25. The van der Waals surface area contributed by atoms with Crippen molar-refractivity contribution in [3.05, 3.63) is 71.3 Å². The van der Waals surface area contributed by atoms with E-state index in [9.17, 15) is 13.2 Å². The summed E-state index contributed by atoms with van der Waals surface area (Å²) in [5.41, 5.74) is 8.40.